The monoisotopic (exact) mass is 198 g/mol. The number of amides is 1. The van der Waals surface area contributed by atoms with Gasteiger partial charge in [-0.1, -0.05) is 6.92 Å². The van der Waals surface area contributed by atoms with Gasteiger partial charge in [-0.3, -0.25) is 4.79 Å². The zero-order valence-electron chi connectivity index (χ0n) is 9.25. The van der Waals surface area contributed by atoms with Gasteiger partial charge in [-0.15, -0.1) is 0 Å². The van der Waals surface area contributed by atoms with Crippen molar-refractivity contribution in [3.63, 3.8) is 0 Å². The van der Waals surface area contributed by atoms with Gasteiger partial charge in [0.2, 0.25) is 5.91 Å². The van der Waals surface area contributed by atoms with Crippen molar-refractivity contribution in [3.8, 4) is 0 Å². The minimum atomic E-state index is 0.113. The minimum absolute atomic E-state index is 0.113. The van der Waals surface area contributed by atoms with Crippen molar-refractivity contribution in [2.75, 3.05) is 6.54 Å². The Labute approximate surface area is 86.4 Å². The molecule has 0 radical (unpaired) electrons. The first kappa shape index (κ1) is 11.5. The summed E-state index contributed by atoms with van der Waals surface area (Å²) in [6.45, 7) is 4.73. The molecule has 0 heterocycles. The van der Waals surface area contributed by atoms with Crippen molar-refractivity contribution >= 4 is 5.91 Å². The summed E-state index contributed by atoms with van der Waals surface area (Å²) < 4.78 is 0. The van der Waals surface area contributed by atoms with Crippen molar-refractivity contribution in [2.45, 2.75) is 45.6 Å². The van der Waals surface area contributed by atoms with Crippen LogP contribution in [0, 0.1) is 11.8 Å². The summed E-state index contributed by atoms with van der Waals surface area (Å²) >= 11 is 0. The van der Waals surface area contributed by atoms with Crippen LogP contribution in [0.25, 0.3) is 0 Å². The summed E-state index contributed by atoms with van der Waals surface area (Å²) in [4.78, 5) is 11.7. The summed E-state index contributed by atoms with van der Waals surface area (Å²) in [5.41, 5.74) is 5.46. The SMILES string of the molecule is CC1CCC(C(=O)NC(C)CN)CC1. The first-order valence-electron chi connectivity index (χ1n) is 5.64. The van der Waals surface area contributed by atoms with E-state index >= 15 is 0 Å². The maximum atomic E-state index is 11.7. The molecule has 14 heavy (non-hydrogen) atoms. The normalized spacial score (nSPS) is 29.6. The molecule has 1 atom stereocenters. The van der Waals surface area contributed by atoms with Gasteiger partial charge in [0.15, 0.2) is 0 Å². The molecule has 3 nitrogen and oxygen atoms in total. The number of nitrogens with one attached hydrogen (secondary N) is 1. The van der Waals surface area contributed by atoms with E-state index in [9.17, 15) is 4.79 Å². The van der Waals surface area contributed by atoms with Gasteiger partial charge < -0.3 is 11.1 Å². The summed E-state index contributed by atoms with van der Waals surface area (Å²) in [7, 11) is 0. The van der Waals surface area contributed by atoms with Gasteiger partial charge in [-0.2, -0.15) is 0 Å². The van der Waals surface area contributed by atoms with E-state index in [1.165, 1.54) is 12.8 Å². The standard InChI is InChI=1S/C11H22N2O/c1-8-3-5-10(6-4-8)11(14)13-9(2)7-12/h8-10H,3-7,12H2,1-2H3,(H,13,14). The third-order valence-electron chi connectivity index (χ3n) is 3.13. The molecule has 0 aliphatic heterocycles. The molecule has 1 rings (SSSR count). The van der Waals surface area contributed by atoms with Crippen LogP contribution >= 0.6 is 0 Å². The molecule has 3 N–H and O–H groups in total. The molecule has 1 fully saturated rings. The first-order valence-corrected chi connectivity index (χ1v) is 5.64. The Morgan fingerprint density at radius 2 is 2.00 bits per heavy atom. The third kappa shape index (κ3) is 3.29. The molecule has 1 unspecified atom stereocenters. The fourth-order valence-corrected chi connectivity index (χ4v) is 1.94. The third-order valence-corrected chi connectivity index (χ3v) is 3.13. The summed E-state index contributed by atoms with van der Waals surface area (Å²) in [5.74, 6) is 1.24. The van der Waals surface area contributed by atoms with Crippen LogP contribution in [0.1, 0.15) is 39.5 Å². The van der Waals surface area contributed by atoms with Gasteiger partial charge in [0.05, 0.1) is 0 Å². The first-order chi connectivity index (χ1) is 6.63. The van der Waals surface area contributed by atoms with Gasteiger partial charge in [0, 0.05) is 18.5 Å². The second-order valence-corrected chi connectivity index (χ2v) is 4.60. The van der Waals surface area contributed by atoms with Crippen molar-refractivity contribution < 1.29 is 4.79 Å². The van der Waals surface area contributed by atoms with Crippen LogP contribution in [0.3, 0.4) is 0 Å². The lowest BCUT2D eigenvalue weighted by molar-refractivity contribution is -0.126. The second-order valence-electron chi connectivity index (χ2n) is 4.60. The molecule has 3 heteroatoms. The van der Waals surface area contributed by atoms with E-state index in [0.29, 0.717) is 6.54 Å². The maximum absolute atomic E-state index is 11.7. The summed E-state index contributed by atoms with van der Waals surface area (Å²) in [6, 6.07) is 0.113. The van der Waals surface area contributed by atoms with Gasteiger partial charge in [-0.25, -0.2) is 0 Å². The van der Waals surface area contributed by atoms with Crippen LogP contribution in [-0.4, -0.2) is 18.5 Å². The molecule has 0 aromatic carbocycles. The van der Waals surface area contributed by atoms with Crippen molar-refractivity contribution in [2.24, 2.45) is 17.6 Å². The average Bonchev–Trinajstić information content (AvgIpc) is 2.18. The number of carbonyl (C=O) groups excluding carboxylic acids is 1. The number of hydrogen-bond acceptors (Lipinski definition) is 2. The highest BCUT2D eigenvalue weighted by Gasteiger charge is 2.24. The van der Waals surface area contributed by atoms with Gasteiger partial charge in [0.25, 0.3) is 0 Å². The van der Waals surface area contributed by atoms with Gasteiger partial charge in [0.1, 0.15) is 0 Å². The number of hydrogen-bond donors (Lipinski definition) is 2. The molecule has 0 spiro atoms. The number of nitrogens with two attached hydrogens (primary N) is 1. The molecule has 0 aromatic rings. The number of rotatable bonds is 3. The Morgan fingerprint density at radius 3 is 2.50 bits per heavy atom. The molecule has 1 aliphatic carbocycles. The largest absolute Gasteiger partial charge is 0.352 e. The van der Waals surface area contributed by atoms with Crippen LogP contribution in [0.5, 0.6) is 0 Å². The Balaban J connectivity index is 2.30. The Morgan fingerprint density at radius 1 is 1.43 bits per heavy atom. The predicted molar refractivity (Wildman–Crippen MR) is 57.8 cm³/mol. The molecule has 1 amide bonds. The zero-order valence-corrected chi connectivity index (χ0v) is 9.25. The van der Waals surface area contributed by atoms with E-state index in [0.717, 1.165) is 18.8 Å². The smallest absolute Gasteiger partial charge is 0.223 e. The van der Waals surface area contributed by atoms with Crippen LogP contribution in [0.2, 0.25) is 0 Å². The Kier molecular flexibility index (Phi) is 4.39. The lowest BCUT2D eigenvalue weighted by Crippen LogP contribution is -2.42. The van der Waals surface area contributed by atoms with Crippen LogP contribution in [0.4, 0.5) is 0 Å². The fraction of sp³-hybridized carbons (Fsp3) is 0.909. The number of carbonyl (C=O) groups is 1. The molecule has 1 aliphatic rings. The minimum Gasteiger partial charge on any atom is -0.352 e. The van der Waals surface area contributed by atoms with E-state index in [4.69, 9.17) is 5.73 Å². The second kappa shape index (κ2) is 5.35. The quantitative estimate of drug-likeness (QED) is 0.717. The van der Waals surface area contributed by atoms with Crippen LogP contribution < -0.4 is 11.1 Å². The lowest BCUT2D eigenvalue weighted by atomic mass is 9.82. The molecule has 82 valence electrons. The lowest BCUT2D eigenvalue weighted by Gasteiger charge is -2.26. The van der Waals surface area contributed by atoms with E-state index in [1.807, 2.05) is 6.92 Å². The van der Waals surface area contributed by atoms with E-state index < -0.39 is 0 Å². The topological polar surface area (TPSA) is 55.1 Å². The van der Waals surface area contributed by atoms with Crippen LogP contribution in [0.15, 0.2) is 0 Å². The molecular formula is C11H22N2O. The highest BCUT2D eigenvalue weighted by atomic mass is 16.1. The Hall–Kier alpha value is -0.570. The van der Waals surface area contributed by atoms with Crippen molar-refractivity contribution in [3.05, 3.63) is 0 Å². The summed E-state index contributed by atoms with van der Waals surface area (Å²) in [6.07, 6.45) is 4.47. The molecular weight excluding hydrogens is 176 g/mol. The van der Waals surface area contributed by atoms with E-state index in [1.54, 1.807) is 0 Å². The van der Waals surface area contributed by atoms with E-state index in [2.05, 4.69) is 12.2 Å². The van der Waals surface area contributed by atoms with Gasteiger partial charge >= 0.3 is 0 Å². The maximum Gasteiger partial charge on any atom is 0.223 e. The zero-order chi connectivity index (χ0) is 10.6. The predicted octanol–water partition coefficient (Wildman–Crippen LogP) is 1.28. The average molecular weight is 198 g/mol. The van der Waals surface area contributed by atoms with Gasteiger partial charge in [-0.05, 0) is 38.5 Å². The fourth-order valence-electron chi connectivity index (χ4n) is 1.94. The molecule has 1 saturated carbocycles. The van der Waals surface area contributed by atoms with Crippen molar-refractivity contribution in [1.82, 2.24) is 5.32 Å². The van der Waals surface area contributed by atoms with Crippen molar-refractivity contribution in [1.29, 1.82) is 0 Å². The molecule has 0 saturated heterocycles. The summed E-state index contributed by atoms with van der Waals surface area (Å²) in [5, 5.41) is 2.95. The van der Waals surface area contributed by atoms with E-state index in [-0.39, 0.29) is 17.9 Å². The highest BCUT2D eigenvalue weighted by Crippen LogP contribution is 2.28. The Bertz CT molecular complexity index is 186. The van der Waals surface area contributed by atoms with Crippen LogP contribution in [-0.2, 0) is 4.79 Å². The molecule has 0 bridgehead atoms. The highest BCUT2D eigenvalue weighted by molar-refractivity contribution is 5.78. The molecule has 0 aromatic heterocycles.